The number of aromatic nitrogens is 3. The number of rotatable bonds is 1. The quantitative estimate of drug-likeness (QED) is 0.283. The molecular weight excluding hydrogens is 552 g/mol. The molecule has 0 spiro atoms. The van der Waals surface area contributed by atoms with Gasteiger partial charge in [0.1, 0.15) is 29.0 Å². The van der Waals surface area contributed by atoms with E-state index >= 15 is 4.39 Å². The SMILES string of the molecule is CCc1nc2c3cnc(c(F)c3n1)-c1cc(C)cc(Cl)c1CCCCCCC1CCCN2C1.FC1CC2CCCN2C1. The summed E-state index contributed by atoms with van der Waals surface area (Å²) in [4.78, 5) is 18.8. The number of hydrogen-bond donors (Lipinski definition) is 0. The van der Waals surface area contributed by atoms with Crippen molar-refractivity contribution in [1.29, 1.82) is 0 Å². The number of benzene rings is 1. The van der Waals surface area contributed by atoms with Crippen LogP contribution in [0.4, 0.5) is 14.6 Å². The van der Waals surface area contributed by atoms with Crippen molar-refractivity contribution < 1.29 is 8.78 Å². The van der Waals surface area contributed by atoms with Crippen LogP contribution in [0.3, 0.4) is 0 Å². The lowest BCUT2D eigenvalue weighted by Gasteiger charge is -2.34. The zero-order valence-electron chi connectivity index (χ0n) is 25.1. The molecule has 1 aromatic carbocycles. The van der Waals surface area contributed by atoms with E-state index in [0.717, 1.165) is 74.2 Å². The fraction of sp³-hybridized carbons (Fsp3) is 0.618. The molecule has 2 aromatic heterocycles. The Hall–Kier alpha value is -2.38. The standard InChI is InChI=1S/C27H32ClFN4.C7H12FN/c1-3-23-31-26-21-15-30-25(24(26)29)20-13-17(2)14-22(28)19(20)11-7-5-4-6-9-18-10-8-12-33(16-18)27(21)32-23;8-6-4-7-2-1-3-9(7)5-6/h13-15,18H,3-12,16H2,1-2H3;6-7H,1-5H2. The van der Waals surface area contributed by atoms with Gasteiger partial charge < -0.3 is 4.90 Å². The first-order valence-corrected chi connectivity index (χ1v) is 16.6. The molecule has 226 valence electrons. The maximum atomic E-state index is 16.1. The van der Waals surface area contributed by atoms with Crippen LogP contribution in [0.25, 0.3) is 22.2 Å². The molecule has 8 rings (SSSR count). The molecule has 0 aliphatic carbocycles. The van der Waals surface area contributed by atoms with Crippen molar-refractivity contribution in [3.8, 4) is 11.3 Å². The van der Waals surface area contributed by atoms with E-state index in [-0.39, 0.29) is 5.82 Å². The van der Waals surface area contributed by atoms with Crippen LogP contribution in [-0.4, -0.2) is 58.2 Å². The van der Waals surface area contributed by atoms with E-state index in [0.29, 0.717) is 52.4 Å². The van der Waals surface area contributed by atoms with Crippen LogP contribution >= 0.6 is 11.6 Å². The molecule has 8 heteroatoms. The van der Waals surface area contributed by atoms with Crippen LogP contribution in [0, 0.1) is 18.7 Å². The average molecular weight is 596 g/mol. The molecule has 0 saturated carbocycles. The molecule has 0 amide bonds. The molecule has 5 aliphatic rings. The predicted molar refractivity (Wildman–Crippen MR) is 168 cm³/mol. The van der Waals surface area contributed by atoms with Crippen molar-refractivity contribution in [3.63, 3.8) is 0 Å². The van der Waals surface area contributed by atoms with Gasteiger partial charge >= 0.3 is 0 Å². The topological polar surface area (TPSA) is 45.2 Å². The second-order valence-corrected chi connectivity index (χ2v) is 13.2. The molecule has 3 saturated heterocycles. The summed E-state index contributed by atoms with van der Waals surface area (Å²) in [6, 6.07) is 4.60. The van der Waals surface area contributed by atoms with Gasteiger partial charge in [0.25, 0.3) is 0 Å². The first kappa shape index (κ1) is 29.7. The third-order valence-electron chi connectivity index (χ3n) is 9.69. The van der Waals surface area contributed by atoms with Crippen molar-refractivity contribution in [2.75, 3.05) is 31.1 Å². The van der Waals surface area contributed by atoms with Gasteiger partial charge in [-0.05, 0) is 94.0 Å². The van der Waals surface area contributed by atoms with Crippen molar-refractivity contribution in [1.82, 2.24) is 19.9 Å². The van der Waals surface area contributed by atoms with Gasteiger partial charge in [-0.1, -0.05) is 37.8 Å². The second-order valence-electron chi connectivity index (χ2n) is 12.8. The highest BCUT2D eigenvalue weighted by Crippen LogP contribution is 2.37. The molecule has 3 unspecified atom stereocenters. The first-order valence-electron chi connectivity index (χ1n) is 16.2. The van der Waals surface area contributed by atoms with Crippen molar-refractivity contribution >= 4 is 28.3 Å². The van der Waals surface area contributed by atoms with Gasteiger partial charge in [-0.25, -0.2) is 18.7 Å². The van der Waals surface area contributed by atoms with Gasteiger partial charge in [0.05, 0.1) is 5.39 Å². The molecule has 0 N–H and O–H groups in total. The van der Waals surface area contributed by atoms with Gasteiger partial charge in [0.2, 0.25) is 0 Å². The fourth-order valence-corrected chi connectivity index (χ4v) is 7.89. The average Bonchev–Trinajstić information content (AvgIpc) is 3.56. The van der Waals surface area contributed by atoms with E-state index in [2.05, 4.69) is 19.8 Å². The molecule has 3 aromatic rings. The van der Waals surface area contributed by atoms with Crippen molar-refractivity contribution in [3.05, 3.63) is 46.1 Å². The van der Waals surface area contributed by atoms with E-state index in [4.69, 9.17) is 16.6 Å². The number of anilines is 1. The van der Waals surface area contributed by atoms with Gasteiger partial charge in [-0.3, -0.25) is 9.88 Å². The Morgan fingerprint density at radius 1 is 0.976 bits per heavy atom. The molecule has 3 fully saturated rings. The minimum atomic E-state index is -0.518. The van der Waals surface area contributed by atoms with E-state index in [1.54, 1.807) is 6.20 Å². The number of hydrogen-bond acceptors (Lipinski definition) is 5. The number of aryl methyl sites for hydroxylation is 2. The number of pyridine rings is 1. The molecule has 7 heterocycles. The maximum absolute atomic E-state index is 16.1. The van der Waals surface area contributed by atoms with Crippen LogP contribution in [-0.2, 0) is 12.8 Å². The minimum absolute atomic E-state index is 0.346. The molecule has 5 nitrogen and oxygen atoms in total. The third-order valence-corrected chi connectivity index (χ3v) is 10.0. The summed E-state index contributed by atoms with van der Waals surface area (Å²) in [5.41, 5.74) is 3.51. The Kier molecular flexibility index (Phi) is 9.25. The summed E-state index contributed by atoms with van der Waals surface area (Å²) in [5.74, 6) is 1.82. The summed E-state index contributed by atoms with van der Waals surface area (Å²) in [6.07, 6.45) is 14.4. The highest BCUT2D eigenvalue weighted by Gasteiger charge is 2.34. The van der Waals surface area contributed by atoms with Crippen molar-refractivity contribution in [2.45, 2.75) is 103 Å². The lowest BCUT2D eigenvalue weighted by molar-refractivity contribution is 0.292. The Labute approximate surface area is 254 Å². The van der Waals surface area contributed by atoms with Gasteiger partial charge in [-0.2, -0.15) is 0 Å². The van der Waals surface area contributed by atoms with E-state index in [1.807, 2.05) is 26.0 Å². The largest absolute Gasteiger partial charge is 0.356 e. The zero-order valence-corrected chi connectivity index (χ0v) is 25.9. The Morgan fingerprint density at radius 2 is 1.79 bits per heavy atom. The molecule has 6 bridgehead atoms. The Balaban J connectivity index is 0.000000296. The highest BCUT2D eigenvalue weighted by molar-refractivity contribution is 6.31. The summed E-state index contributed by atoms with van der Waals surface area (Å²) in [6.45, 7) is 7.81. The summed E-state index contributed by atoms with van der Waals surface area (Å²) < 4.78 is 28.7. The van der Waals surface area contributed by atoms with E-state index in [1.165, 1.54) is 38.5 Å². The predicted octanol–water partition coefficient (Wildman–Crippen LogP) is 8.27. The number of halogens is 3. The number of nitrogens with zero attached hydrogens (tertiary/aromatic N) is 5. The summed E-state index contributed by atoms with van der Waals surface area (Å²) in [5, 5.41) is 1.41. The molecule has 0 radical (unpaired) electrons. The normalized spacial score (nSPS) is 24.5. The molecule has 5 aliphatic heterocycles. The molecule has 3 atom stereocenters. The zero-order chi connectivity index (χ0) is 29.2. The summed E-state index contributed by atoms with van der Waals surface area (Å²) in [7, 11) is 0. The van der Waals surface area contributed by atoms with Crippen LogP contribution in [0.1, 0.15) is 88.1 Å². The first-order chi connectivity index (χ1) is 20.4. The van der Waals surface area contributed by atoms with Gasteiger partial charge in [-0.15, -0.1) is 0 Å². The highest BCUT2D eigenvalue weighted by atomic mass is 35.5. The monoisotopic (exact) mass is 595 g/mol. The fourth-order valence-electron chi connectivity index (χ4n) is 7.52. The second kappa shape index (κ2) is 13.1. The Bertz CT molecular complexity index is 1400. The van der Waals surface area contributed by atoms with Crippen LogP contribution < -0.4 is 4.90 Å². The minimum Gasteiger partial charge on any atom is -0.356 e. The molecule has 42 heavy (non-hydrogen) atoms. The van der Waals surface area contributed by atoms with Crippen molar-refractivity contribution in [2.24, 2.45) is 5.92 Å². The van der Waals surface area contributed by atoms with Crippen LogP contribution in [0.15, 0.2) is 18.3 Å². The van der Waals surface area contributed by atoms with E-state index in [9.17, 15) is 4.39 Å². The molecular formula is C34H44ClF2N5. The van der Waals surface area contributed by atoms with Crippen LogP contribution in [0.5, 0.6) is 0 Å². The number of alkyl halides is 1. The third kappa shape index (κ3) is 6.28. The maximum Gasteiger partial charge on any atom is 0.175 e. The number of piperidine rings is 1. The lowest BCUT2D eigenvalue weighted by Crippen LogP contribution is -2.36. The lowest BCUT2D eigenvalue weighted by atomic mass is 9.91. The van der Waals surface area contributed by atoms with Gasteiger partial charge in [0.15, 0.2) is 5.82 Å². The van der Waals surface area contributed by atoms with E-state index < -0.39 is 6.17 Å². The Morgan fingerprint density at radius 3 is 2.62 bits per heavy atom. The van der Waals surface area contributed by atoms with Gasteiger partial charge in [0, 0.05) is 48.9 Å². The van der Waals surface area contributed by atoms with Crippen LogP contribution in [0.2, 0.25) is 5.02 Å². The summed E-state index contributed by atoms with van der Waals surface area (Å²) >= 11 is 6.68. The smallest absolute Gasteiger partial charge is 0.175 e. The number of fused-ring (bicyclic) bond motifs is 7.